The minimum absolute atomic E-state index is 0.00730. The maximum Gasteiger partial charge on any atom is 0.229 e. The Balaban J connectivity index is 1.46. The third-order valence-corrected chi connectivity index (χ3v) is 6.57. The van der Waals surface area contributed by atoms with E-state index in [0.717, 1.165) is 18.4 Å². The van der Waals surface area contributed by atoms with Crippen molar-refractivity contribution in [2.45, 2.75) is 13.8 Å². The molecule has 4 N–H and O–H groups in total. The number of nitrogens with zero attached hydrogens (tertiary/aromatic N) is 3. The van der Waals surface area contributed by atoms with Crippen molar-refractivity contribution in [2.75, 3.05) is 16.7 Å². The number of ketones is 1. The van der Waals surface area contributed by atoms with Crippen molar-refractivity contribution < 1.29 is 31.1 Å². The van der Waals surface area contributed by atoms with Crippen molar-refractivity contribution in [3.05, 3.63) is 88.6 Å². The van der Waals surface area contributed by atoms with Crippen LogP contribution in [0.2, 0.25) is 0 Å². The lowest BCUT2D eigenvalue weighted by Crippen LogP contribution is -2.10. The molecule has 0 saturated heterocycles. The molecule has 3 heterocycles. The number of hydrogen-bond acceptors (Lipinski definition) is 7. The quantitative estimate of drug-likeness (QED) is 0.239. The van der Waals surface area contributed by atoms with Gasteiger partial charge in [-0.05, 0) is 49.7 Å². The largest absolute Gasteiger partial charge is 0.436 e. The van der Waals surface area contributed by atoms with Crippen LogP contribution in [0.4, 0.5) is 24.7 Å². The number of hydrogen-bond donors (Lipinski definition) is 3. The van der Waals surface area contributed by atoms with Crippen molar-refractivity contribution in [3.8, 4) is 17.3 Å². The van der Waals surface area contributed by atoms with E-state index >= 15 is 0 Å². The fourth-order valence-electron chi connectivity index (χ4n) is 4.25. The maximum atomic E-state index is 14.4. The maximum absolute atomic E-state index is 14.4. The summed E-state index contributed by atoms with van der Waals surface area (Å²) >= 11 is 0. The van der Waals surface area contributed by atoms with Gasteiger partial charge in [-0.3, -0.25) is 9.52 Å². The molecule has 0 aliphatic rings. The van der Waals surface area contributed by atoms with E-state index in [1.807, 2.05) is 0 Å². The number of H-pyrrole nitrogens is 1. The first-order valence-corrected chi connectivity index (χ1v) is 13.5. The van der Waals surface area contributed by atoms with Crippen LogP contribution in [0.5, 0.6) is 11.6 Å². The van der Waals surface area contributed by atoms with Gasteiger partial charge in [0.1, 0.15) is 11.6 Å². The predicted octanol–water partition coefficient (Wildman–Crippen LogP) is 4.76. The van der Waals surface area contributed by atoms with Crippen LogP contribution in [0.15, 0.2) is 48.7 Å². The molecule has 0 saturated carbocycles. The van der Waals surface area contributed by atoms with Gasteiger partial charge in [0.05, 0.1) is 40.8 Å². The number of carbonyl (C=O) groups is 1. The van der Waals surface area contributed by atoms with Crippen LogP contribution in [0, 0.1) is 31.3 Å². The first-order chi connectivity index (χ1) is 18.8. The van der Waals surface area contributed by atoms with Crippen molar-refractivity contribution in [1.82, 2.24) is 19.7 Å². The van der Waals surface area contributed by atoms with Crippen LogP contribution >= 0.6 is 0 Å². The third-order valence-electron chi connectivity index (χ3n) is 5.98. The van der Waals surface area contributed by atoms with E-state index in [9.17, 15) is 26.4 Å². The molecule has 0 bridgehead atoms. The normalized spacial score (nSPS) is 11.7. The second kappa shape index (κ2) is 9.72. The highest BCUT2D eigenvalue weighted by molar-refractivity contribution is 7.92. The highest BCUT2D eigenvalue weighted by atomic mass is 32.2. The lowest BCUT2D eigenvalue weighted by molar-refractivity contribution is 0.103. The second-order valence-corrected chi connectivity index (χ2v) is 10.8. The summed E-state index contributed by atoms with van der Waals surface area (Å²) in [7, 11) is -3.72. The van der Waals surface area contributed by atoms with Gasteiger partial charge in [-0.1, -0.05) is 6.07 Å². The fraction of sp³-hybridized carbons (Fsp3) is 0.115. The van der Waals surface area contributed by atoms with E-state index in [4.69, 9.17) is 10.5 Å². The van der Waals surface area contributed by atoms with Gasteiger partial charge in [0.25, 0.3) is 0 Å². The number of benzene rings is 2. The van der Waals surface area contributed by atoms with Crippen LogP contribution in [0.25, 0.3) is 16.6 Å². The van der Waals surface area contributed by atoms with Crippen molar-refractivity contribution in [3.63, 3.8) is 0 Å². The van der Waals surface area contributed by atoms with Crippen LogP contribution < -0.4 is 15.2 Å². The molecule has 10 nitrogen and oxygen atoms in total. The monoisotopic (exact) mass is 570 g/mol. The summed E-state index contributed by atoms with van der Waals surface area (Å²) in [6.45, 7) is 3.34. The van der Waals surface area contributed by atoms with Crippen molar-refractivity contribution >= 4 is 38.2 Å². The summed E-state index contributed by atoms with van der Waals surface area (Å²) in [5.41, 5.74) is 7.87. The van der Waals surface area contributed by atoms with E-state index in [2.05, 4.69) is 19.8 Å². The number of rotatable bonds is 7. The Morgan fingerprint density at radius 3 is 2.55 bits per heavy atom. The minimum Gasteiger partial charge on any atom is -0.436 e. The number of nitrogens with two attached hydrogens (primary N) is 1. The summed E-state index contributed by atoms with van der Waals surface area (Å²) in [5.74, 6) is -3.88. The zero-order valence-electron chi connectivity index (χ0n) is 21.2. The van der Waals surface area contributed by atoms with Crippen LogP contribution in [0.1, 0.15) is 27.3 Å². The summed E-state index contributed by atoms with van der Waals surface area (Å²) in [4.78, 5) is 20.4. The predicted molar refractivity (Wildman–Crippen MR) is 142 cm³/mol. The number of aromatic amines is 1. The highest BCUT2D eigenvalue weighted by Gasteiger charge is 2.23. The molecule has 5 rings (SSSR count). The number of sulfonamides is 1. The Morgan fingerprint density at radius 2 is 1.85 bits per heavy atom. The topological polar surface area (TPSA) is 145 Å². The van der Waals surface area contributed by atoms with Crippen LogP contribution in [0.3, 0.4) is 0 Å². The van der Waals surface area contributed by atoms with Crippen molar-refractivity contribution in [2.24, 2.45) is 0 Å². The number of anilines is 2. The first kappa shape index (κ1) is 26.7. The molecule has 0 radical (unpaired) electrons. The third kappa shape index (κ3) is 4.96. The van der Waals surface area contributed by atoms with Gasteiger partial charge in [-0.2, -0.15) is 9.49 Å². The van der Waals surface area contributed by atoms with E-state index in [1.165, 1.54) is 41.2 Å². The molecule has 2 aromatic carbocycles. The molecule has 0 aliphatic carbocycles. The number of nitrogen functional groups attached to an aromatic ring is 1. The molecule has 40 heavy (non-hydrogen) atoms. The lowest BCUT2D eigenvalue weighted by atomic mass is 10.1. The Bertz CT molecular complexity index is 1910. The molecule has 14 heteroatoms. The van der Waals surface area contributed by atoms with Gasteiger partial charge in [0, 0.05) is 17.0 Å². The smallest absolute Gasteiger partial charge is 0.229 e. The number of aryl methyl sites for hydroxylation is 2. The van der Waals surface area contributed by atoms with E-state index in [0.29, 0.717) is 27.8 Å². The zero-order chi connectivity index (χ0) is 28.9. The Hall–Kier alpha value is -4.85. The highest BCUT2D eigenvalue weighted by Crippen LogP contribution is 2.31. The standard InChI is InChI=1S/C26H21F3N6O4S/c1-12-7-22(39-21-6-4-5-16(27)23(21)29)32-13(2)24(12)35-26(30)15(11-31-35)25(36)20-9-14-8-17(28)19(10-18(14)33-20)34-40(3,37)38/h4-11,33-34H,30H2,1-3H3. The van der Waals surface area contributed by atoms with Gasteiger partial charge in [-0.15, -0.1) is 0 Å². The minimum atomic E-state index is -3.72. The number of pyridine rings is 1. The molecule has 0 fully saturated rings. The van der Waals surface area contributed by atoms with E-state index in [-0.39, 0.29) is 34.4 Å². The molecule has 0 aliphatic heterocycles. The Kier molecular flexibility index (Phi) is 6.50. The lowest BCUT2D eigenvalue weighted by Gasteiger charge is -2.14. The SMILES string of the molecule is Cc1cc(Oc2cccc(F)c2F)nc(C)c1-n1ncc(C(=O)c2cc3cc(F)c(NS(C)(=O)=O)cc3[nH]2)c1N. The summed E-state index contributed by atoms with van der Waals surface area (Å²) in [5, 5.41) is 4.59. The molecular weight excluding hydrogens is 549 g/mol. The molecule has 0 amide bonds. The number of halogens is 3. The van der Waals surface area contributed by atoms with E-state index in [1.54, 1.807) is 13.8 Å². The van der Waals surface area contributed by atoms with Crippen LogP contribution in [-0.2, 0) is 10.0 Å². The molecule has 206 valence electrons. The van der Waals surface area contributed by atoms with Crippen molar-refractivity contribution in [1.29, 1.82) is 0 Å². The van der Waals surface area contributed by atoms with Gasteiger partial charge in [0.2, 0.25) is 27.5 Å². The van der Waals surface area contributed by atoms with Gasteiger partial charge >= 0.3 is 0 Å². The number of ether oxygens (including phenoxy) is 1. The van der Waals surface area contributed by atoms with Gasteiger partial charge < -0.3 is 15.5 Å². The average Bonchev–Trinajstić information content (AvgIpc) is 3.44. The Labute approximate surface area is 225 Å². The first-order valence-electron chi connectivity index (χ1n) is 11.6. The summed E-state index contributed by atoms with van der Waals surface area (Å²) in [6.07, 6.45) is 2.16. The Morgan fingerprint density at radius 1 is 1.10 bits per heavy atom. The molecule has 0 spiro atoms. The number of aromatic nitrogens is 4. The molecular formula is C26H21F3N6O4S. The molecule has 3 aromatic heterocycles. The zero-order valence-corrected chi connectivity index (χ0v) is 22.0. The molecule has 0 unspecified atom stereocenters. The average molecular weight is 571 g/mol. The number of carbonyl (C=O) groups excluding carboxylic acids is 1. The summed E-state index contributed by atoms with van der Waals surface area (Å²) in [6, 6.07) is 8.79. The molecule has 0 atom stereocenters. The van der Waals surface area contributed by atoms with Crippen LogP contribution in [-0.4, -0.2) is 40.2 Å². The molecule has 5 aromatic rings. The second-order valence-electron chi connectivity index (χ2n) is 9.03. The van der Waals surface area contributed by atoms with E-state index < -0.39 is 33.3 Å². The van der Waals surface area contributed by atoms with Gasteiger partial charge in [-0.25, -0.2) is 26.9 Å². The number of fused-ring (bicyclic) bond motifs is 1. The fourth-order valence-corrected chi connectivity index (χ4v) is 4.80. The summed E-state index contributed by atoms with van der Waals surface area (Å²) < 4.78 is 73.8. The van der Waals surface area contributed by atoms with Gasteiger partial charge in [0.15, 0.2) is 11.6 Å². The number of nitrogens with one attached hydrogen (secondary N) is 2.